The van der Waals surface area contributed by atoms with E-state index < -0.39 is 0 Å². The molecule has 0 aliphatic carbocycles. The van der Waals surface area contributed by atoms with E-state index >= 15 is 0 Å². The molecule has 94 valence electrons. The molecule has 0 aromatic heterocycles. The molecule has 0 fully saturated rings. The Hall–Kier alpha value is -1.80. The highest BCUT2D eigenvalue weighted by molar-refractivity contribution is 5.39. The predicted octanol–water partition coefficient (Wildman–Crippen LogP) is 3.55. The molecule has 0 amide bonds. The molecule has 2 heteroatoms. The Morgan fingerprint density at radius 2 is 1.78 bits per heavy atom. The van der Waals surface area contributed by atoms with Crippen LogP contribution in [0.2, 0.25) is 0 Å². The molecule has 2 rings (SSSR count). The summed E-state index contributed by atoms with van der Waals surface area (Å²) in [6.45, 7) is 4.71. The fraction of sp³-hybridized carbons (Fsp3) is 0.250. The summed E-state index contributed by atoms with van der Waals surface area (Å²) in [6, 6.07) is 16.4. The molecule has 0 spiro atoms. The van der Waals surface area contributed by atoms with Gasteiger partial charge in [-0.2, -0.15) is 0 Å². The minimum Gasteiger partial charge on any atom is -0.507 e. The van der Waals surface area contributed by atoms with Crippen LogP contribution in [-0.2, 0) is 6.54 Å². The highest BCUT2D eigenvalue weighted by Gasteiger charge is 2.07. The summed E-state index contributed by atoms with van der Waals surface area (Å²) in [5.74, 6) is 0.394. The normalized spacial score (nSPS) is 12.3. The molecule has 0 saturated heterocycles. The van der Waals surface area contributed by atoms with Gasteiger partial charge in [-0.15, -0.1) is 0 Å². The van der Waals surface area contributed by atoms with Gasteiger partial charge in [0.2, 0.25) is 0 Å². The predicted molar refractivity (Wildman–Crippen MR) is 74.5 cm³/mol. The third-order valence-corrected chi connectivity index (χ3v) is 3.22. The molecule has 0 aliphatic heterocycles. The van der Waals surface area contributed by atoms with E-state index in [1.807, 2.05) is 43.3 Å². The standard InChI is InChI=1S/C16H19NO/c1-12-7-6-10-15(16(12)18)11-17-13(2)14-8-4-3-5-9-14/h3-10,13,17-18H,11H2,1-2H3/t13-/m1/s1. The minimum atomic E-state index is 0.270. The molecule has 0 saturated carbocycles. The fourth-order valence-electron chi connectivity index (χ4n) is 1.98. The second-order valence-corrected chi connectivity index (χ2v) is 4.60. The lowest BCUT2D eigenvalue weighted by Crippen LogP contribution is -2.18. The highest BCUT2D eigenvalue weighted by atomic mass is 16.3. The van der Waals surface area contributed by atoms with Crippen molar-refractivity contribution in [2.24, 2.45) is 0 Å². The second-order valence-electron chi connectivity index (χ2n) is 4.60. The Morgan fingerprint density at radius 3 is 2.50 bits per heavy atom. The van der Waals surface area contributed by atoms with Gasteiger partial charge in [0.15, 0.2) is 0 Å². The fourth-order valence-corrected chi connectivity index (χ4v) is 1.98. The summed E-state index contributed by atoms with van der Waals surface area (Å²) < 4.78 is 0. The molecular weight excluding hydrogens is 222 g/mol. The molecule has 2 aromatic carbocycles. The van der Waals surface area contributed by atoms with Crippen molar-refractivity contribution in [2.45, 2.75) is 26.4 Å². The van der Waals surface area contributed by atoms with Crippen LogP contribution < -0.4 is 5.32 Å². The number of phenols is 1. The lowest BCUT2D eigenvalue weighted by atomic mass is 10.1. The van der Waals surface area contributed by atoms with Crippen LogP contribution in [0.25, 0.3) is 0 Å². The Kier molecular flexibility index (Phi) is 4.00. The van der Waals surface area contributed by atoms with Crippen molar-refractivity contribution in [1.82, 2.24) is 5.32 Å². The minimum absolute atomic E-state index is 0.270. The Labute approximate surface area is 108 Å². The van der Waals surface area contributed by atoms with E-state index in [9.17, 15) is 5.11 Å². The molecule has 2 N–H and O–H groups in total. The number of hydrogen-bond acceptors (Lipinski definition) is 2. The Bertz CT molecular complexity index is 508. The first kappa shape index (κ1) is 12.7. The van der Waals surface area contributed by atoms with E-state index in [1.54, 1.807) is 0 Å². The smallest absolute Gasteiger partial charge is 0.122 e. The van der Waals surface area contributed by atoms with Crippen molar-refractivity contribution < 1.29 is 5.11 Å². The van der Waals surface area contributed by atoms with E-state index in [0.29, 0.717) is 12.3 Å². The van der Waals surface area contributed by atoms with Gasteiger partial charge in [0.1, 0.15) is 5.75 Å². The van der Waals surface area contributed by atoms with Gasteiger partial charge < -0.3 is 10.4 Å². The SMILES string of the molecule is Cc1cccc(CN[C@H](C)c2ccccc2)c1O. The first-order valence-corrected chi connectivity index (χ1v) is 6.24. The summed E-state index contributed by atoms with van der Waals surface area (Å²) >= 11 is 0. The lowest BCUT2D eigenvalue weighted by Gasteiger charge is -2.15. The zero-order valence-electron chi connectivity index (χ0n) is 10.9. The van der Waals surface area contributed by atoms with Crippen LogP contribution in [-0.4, -0.2) is 5.11 Å². The molecule has 0 heterocycles. The van der Waals surface area contributed by atoms with Crippen LogP contribution in [0.4, 0.5) is 0 Å². The molecule has 0 bridgehead atoms. The number of nitrogens with one attached hydrogen (secondary N) is 1. The lowest BCUT2D eigenvalue weighted by molar-refractivity contribution is 0.456. The van der Waals surface area contributed by atoms with Gasteiger partial charge in [0.25, 0.3) is 0 Å². The van der Waals surface area contributed by atoms with Crippen LogP contribution >= 0.6 is 0 Å². The van der Waals surface area contributed by atoms with E-state index in [-0.39, 0.29) is 6.04 Å². The number of rotatable bonds is 4. The van der Waals surface area contributed by atoms with Crippen molar-refractivity contribution in [3.63, 3.8) is 0 Å². The summed E-state index contributed by atoms with van der Waals surface area (Å²) in [6.07, 6.45) is 0. The number of aromatic hydroxyl groups is 1. The maximum absolute atomic E-state index is 9.94. The van der Waals surface area contributed by atoms with E-state index in [1.165, 1.54) is 5.56 Å². The van der Waals surface area contributed by atoms with Gasteiger partial charge in [-0.3, -0.25) is 0 Å². The zero-order valence-corrected chi connectivity index (χ0v) is 10.9. The summed E-state index contributed by atoms with van der Waals surface area (Å²) in [4.78, 5) is 0. The molecule has 1 atom stereocenters. The molecule has 0 radical (unpaired) electrons. The van der Waals surface area contributed by atoms with Crippen molar-refractivity contribution in [3.05, 3.63) is 65.2 Å². The first-order valence-electron chi connectivity index (χ1n) is 6.24. The molecular formula is C16H19NO. The second kappa shape index (κ2) is 5.69. The molecule has 2 nitrogen and oxygen atoms in total. The first-order chi connectivity index (χ1) is 8.68. The topological polar surface area (TPSA) is 32.3 Å². The van der Waals surface area contributed by atoms with E-state index in [4.69, 9.17) is 0 Å². The van der Waals surface area contributed by atoms with E-state index in [0.717, 1.165) is 11.1 Å². The number of aryl methyl sites for hydroxylation is 1. The van der Waals surface area contributed by atoms with Gasteiger partial charge >= 0.3 is 0 Å². The number of benzene rings is 2. The molecule has 0 aliphatic rings. The van der Waals surface area contributed by atoms with Crippen molar-refractivity contribution >= 4 is 0 Å². The van der Waals surface area contributed by atoms with Gasteiger partial charge in [0, 0.05) is 18.2 Å². The third-order valence-electron chi connectivity index (χ3n) is 3.22. The maximum Gasteiger partial charge on any atom is 0.122 e. The van der Waals surface area contributed by atoms with Crippen molar-refractivity contribution in [2.75, 3.05) is 0 Å². The number of para-hydroxylation sites is 1. The molecule has 2 aromatic rings. The summed E-state index contributed by atoms with van der Waals surface area (Å²) in [5.41, 5.74) is 3.11. The quantitative estimate of drug-likeness (QED) is 0.858. The van der Waals surface area contributed by atoms with Gasteiger partial charge in [-0.05, 0) is 25.0 Å². The average Bonchev–Trinajstić information content (AvgIpc) is 2.41. The van der Waals surface area contributed by atoms with Crippen LogP contribution in [0.15, 0.2) is 48.5 Å². The maximum atomic E-state index is 9.94. The highest BCUT2D eigenvalue weighted by Crippen LogP contribution is 2.22. The summed E-state index contributed by atoms with van der Waals surface area (Å²) in [7, 11) is 0. The van der Waals surface area contributed by atoms with Gasteiger partial charge in [-0.1, -0.05) is 48.5 Å². The van der Waals surface area contributed by atoms with Crippen molar-refractivity contribution in [3.8, 4) is 5.75 Å². The Balaban J connectivity index is 2.02. The van der Waals surface area contributed by atoms with Crippen LogP contribution in [0.5, 0.6) is 5.75 Å². The third kappa shape index (κ3) is 2.90. The monoisotopic (exact) mass is 241 g/mol. The summed E-state index contributed by atoms with van der Waals surface area (Å²) in [5, 5.41) is 13.4. The van der Waals surface area contributed by atoms with Gasteiger partial charge in [-0.25, -0.2) is 0 Å². The van der Waals surface area contributed by atoms with E-state index in [2.05, 4.69) is 24.4 Å². The van der Waals surface area contributed by atoms with Gasteiger partial charge in [0.05, 0.1) is 0 Å². The number of hydrogen-bond donors (Lipinski definition) is 2. The van der Waals surface area contributed by atoms with Crippen molar-refractivity contribution in [1.29, 1.82) is 0 Å². The number of phenolic OH excluding ortho intramolecular Hbond substituents is 1. The average molecular weight is 241 g/mol. The largest absolute Gasteiger partial charge is 0.507 e. The zero-order chi connectivity index (χ0) is 13.0. The Morgan fingerprint density at radius 1 is 1.06 bits per heavy atom. The van der Waals surface area contributed by atoms with Crippen LogP contribution in [0.3, 0.4) is 0 Å². The van der Waals surface area contributed by atoms with Crippen LogP contribution in [0, 0.1) is 6.92 Å². The molecule has 18 heavy (non-hydrogen) atoms. The molecule has 0 unspecified atom stereocenters. The van der Waals surface area contributed by atoms with Crippen LogP contribution in [0.1, 0.15) is 29.7 Å².